The lowest BCUT2D eigenvalue weighted by Crippen LogP contribution is -1.83. The summed E-state index contributed by atoms with van der Waals surface area (Å²) in [7, 11) is 3.66. The fraction of sp³-hybridized carbons (Fsp3) is 1.00. The van der Waals surface area contributed by atoms with E-state index >= 15 is 0 Å². The molecule has 68 valence electrons. The summed E-state index contributed by atoms with van der Waals surface area (Å²) in [5, 5.41) is 8.47. The predicted molar refractivity (Wildman–Crippen MR) is 56.1 cm³/mol. The van der Waals surface area contributed by atoms with Gasteiger partial charge in [-0.1, -0.05) is 47.8 Å². The average Bonchev–Trinajstić information content (AvgIpc) is 2.03. The molecular formula is C8H18OS2. The van der Waals surface area contributed by atoms with Crippen molar-refractivity contribution in [3.63, 3.8) is 0 Å². The molecule has 0 aromatic rings. The first-order chi connectivity index (χ1) is 5.41. The van der Waals surface area contributed by atoms with E-state index in [4.69, 9.17) is 5.11 Å². The highest BCUT2D eigenvalue weighted by molar-refractivity contribution is 8.76. The Kier molecular flexibility index (Phi) is 11.3. The van der Waals surface area contributed by atoms with Crippen LogP contribution in [0.2, 0.25) is 0 Å². The SMILES string of the molecule is CCCCCCSSCCO. The van der Waals surface area contributed by atoms with Crippen LogP contribution in [0.3, 0.4) is 0 Å². The van der Waals surface area contributed by atoms with Crippen molar-refractivity contribution in [1.29, 1.82) is 0 Å². The van der Waals surface area contributed by atoms with Crippen LogP contribution in [-0.2, 0) is 0 Å². The van der Waals surface area contributed by atoms with Gasteiger partial charge in [0.25, 0.3) is 0 Å². The fourth-order valence-corrected chi connectivity index (χ4v) is 2.66. The van der Waals surface area contributed by atoms with E-state index in [9.17, 15) is 0 Å². The van der Waals surface area contributed by atoms with Crippen LogP contribution in [0.25, 0.3) is 0 Å². The minimum absolute atomic E-state index is 0.312. The van der Waals surface area contributed by atoms with Gasteiger partial charge in [-0.25, -0.2) is 0 Å². The minimum Gasteiger partial charge on any atom is -0.395 e. The summed E-state index contributed by atoms with van der Waals surface area (Å²) in [6.45, 7) is 2.54. The summed E-state index contributed by atoms with van der Waals surface area (Å²) in [4.78, 5) is 0. The van der Waals surface area contributed by atoms with Gasteiger partial charge < -0.3 is 5.11 Å². The molecule has 1 N–H and O–H groups in total. The van der Waals surface area contributed by atoms with E-state index in [0.29, 0.717) is 6.61 Å². The zero-order valence-corrected chi connectivity index (χ0v) is 8.85. The van der Waals surface area contributed by atoms with Gasteiger partial charge >= 0.3 is 0 Å². The summed E-state index contributed by atoms with van der Waals surface area (Å²) in [6, 6.07) is 0. The Morgan fingerprint density at radius 2 is 1.73 bits per heavy atom. The van der Waals surface area contributed by atoms with Crippen LogP contribution in [0, 0.1) is 0 Å². The zero-order chi connectivity index (χ0) is 8.36. The van der Waals surface area contributed by atoms with Gasteiger partial charge in [-0.05, 0) is 6.42 Å². The topological polar surface area (TPSA) is 20.2 Å². The molecule has 0 aliphatic rings. The van der Waals surface area contributed by atoms with Crippen LogP contribution in [-0.4, -0.2) is 23.2 Å². The highest BCUT2D eigenvalue weighted by Gasteiger charge is 1.89. The second-order valence-electron chi connectivity index (χ2n) is 2.43. The molecule has 0 heterocycles. The molecule has 0 atom stereocenters. The van der Waals surface area contributed by atoms with Crippen molar-refractivity contribution in [2.24, 2.45) is 0 Å². The van der Waals surface area contributed by atoms with Crippen LogP contribution in [0.5, 0.6) is 0 Å². The second-order valence-corrected chi connectivity index (χ2v) is 5.13. The Morgan fingerprint density at radius 3 is 2.36 bits per heavy atom. The minimum atomic E-state index is 0.312. The van der Waals surface area contributed by atoms with Gasteiger partial charge in [0.1, 0.15) is 0 Å². The largest absolute Gasteiger partial charge is 0.395 e. The third-order valence-electron chi connectivity index (χ3n) is 1.34. The van der Waals surface area contributed by atoms with Crippen LogP contribution in [0.4, 0.5) is 0 Å². The van der Waals surface area contributed by atoms with Gasteiger partial charge in [0.15, 0.2) is 0 Å². The molecule has 0 unspecified atom stereocenters. The van der Waals surface area contributed by atoms with E-state index in [1.54, 1.807) is 10.8 Å². The normalized spacial score (nSPS) is 10.4. The second kappa shape index (κ2) is 10.7. The van der Waals surface area contributed by atoms with Crippen LogP contribution in [0.1, 0.15) is 32.6 Å². The van der Waals surface area contributed by atoms with Crippen molar-refractivity contribution < 1.29 is 5.11 Å². The lowest BCUT2D eigenvalue weighted by atomic mass is 10.2. The van der Waals surface area contributed by atoms with Crippen LogP contribution >= 0.6 is 21.6 Å². The number of hydrogen-bond acceptors (Lipinski definition) is 3. The Hall–Kier alpha value is 0.660. The first kappa shape index (κ1) is 11.7. The highest BCUT2D eigenvalue weighted by atomic mass is 33.1. The number of hydrogen-bond donors (Lipinski definition) is 1. The molecule has 11 heavy (non-hydrogen) atoms. The molecule has 1 nitrogen and oxygen atoms in total. The Morgan fingerprint density at radius 1 is 1.00 bits per heavy atom. The quantitative estimate of drug-likeness (QED) is 0.474. The molecule has 0 fully saturated rings. The van der Waals surface area contributed by atoms with Crippen LogP contribution < -0.4 is 0 Å². The van der Waals surface area contributed by atoms with E-state index in [1.807, 2.05) is 10.8 Å². The first-order valence-corrected chi connectivity index (χ1v) is 6.76. The first-order valence-electron chi connectivity index (χ1n) is 4.27. The van der Waals surface area contributed by atoms with E-state index in [2.05, 4.69) is 6.92 Å². The fourth-order valence-electron chi connectivity index (χ4n) is 0.743. The third-order valence-corrected chi connectivity index (χ3v) is 3.81. The molecule has 0 radical (unpaired) electrons. The molecule has 0 aliphatic heterocycles. The van der Waals surface area contributed by atoms with Gasteiger partial charge in [0.05, 0.1) is 6.61 Å². The van der Waals surface area contributed by atoms with Crippen molar-refractivity contribution in [3.8, 4) is 0 Å². The van der Waals surface area contributed by atoms with Gasteiger partial charge in [-0.3, -0.25) is 0 Å². The van der Waals surface area contributed by atoms with Crippen molar-refractivity contribution >= 4 is 21.6 Å². The van der Waals surface area contributed by atoms with E-state index in [-0.39, 0.29) is 0 Å². The lowest BCUT2D eigenvalue weighted by Gasteiger charge is -1.98. The molecule has 0 saturated heterocycles. The number of rotatable bonds is 8. The van der Waals surface area contributed by atoms with Crippen LogP contribution in [0.15, 0.2) is 0 Å². The maximum Gasteiger partial charge on any atom is 0.0530 e. The van der Waals surface area contributed by atoms with Crippen molar-refractivity contribution in [3.05, 3.63) is 0 Å². The molecule has 0 saturated carbocycles. The van der Waals surface area contributed by atoms with Gasteiger partial charge in [-0.2, -0.15) is 0 Å². The maximum absolute atomic E-state index is 8.47. The van der Waals surface area contributed by atoms with Gasteiger partial charge in [-0.15, -0.1) is 0 Å². The molecule has 0 aliphatic carbocycles. The monoisotopic (exact) mass is 194 g/mol. The number of aliphatic hydroxyl groups is 1. The third kappa shape index (κ3) is 10.7. The van der Waals surface area contributed by atoms with Gasteiger partial charge in [0, 0.05) is 11.5 Å². The van der Waals surface area contributed by atoms with Crippen molar-refractivity contribution in [1.82, 2.24) is 0 Å². The Labute approximate surface area is 77.7 Å². The predicted octanol–water partition coefficient (Wildman–Crippen LogP) is 2.94. The van der Waals surface area contributed by atoms with Crippen molar-refractivity contribution in [2.75, 3.05) is 18.1 Å². The van der Waals surface area contributed by atoms with E-state index in [1.165, 1.54) is 31.4 Å². The number of unbranched alkanes of at least 4 members (excludes halogenated alkanes) is 3. The van der Waals surface area contributed by atoms with Gasteiger partial charge in [0.2, 0.25) is 0 Å². The Bertz CT molecular complexity index is 61.1. The lowest BCUT2D eigenvalue weighted by molar-refractivity contribution is 0.323. The number of aliphatic hydroxyl groups excluding tert-OH is 1. The summed E-state index contributed by atoms with van der Waals surface area (Å²) < 4.78 is 0. The molecular weight excluding hydrogens is 176 g/mol. The molecule has 0 rings (SSSR count). The molecule has 0 spiro atoms. The maximum atomic E-state index is 8.47. The van der Waals surface area contributed by atoms with Crippen molar-refractivity contribution in [2.45, 2.75) is 32.6 Å². The molecule has 3 heteroatoms. The summed E-state index contributed by atoms with van der Waals surface area (Å²) >= 11 is 0. The summed E-state index contributed by atoms with van der Waals surface area (Å²) in [5.41, 5.74) is 0. The Balaban J connectivity index is 2.69. The molecule has 0 amide bonds. The van der Waals surface area contributed by atoms with E-state index < -0.39 is 0 Å². The average molecular weight is 194 g/mol. The van der Waals surface area contributed by atoms with E-state index in [0.717, 1.165) is 5.75 Å². The summed E-state index contributed by atoms with van der Waals surface area (Å²) in [5.74, 6) is 2.11. The zero-order valence-electron chi connectivity index (χ0n) is 7.21. The highest BCUT2D eigenvalue weighted by Crippen LogP contribution is 2.21. The smallest absolute Gasteiger partial charge is 0.0530 e. The standard InChI is InChI=1S/C8H18OS2/c1-2-3-4-5-7-10-11-8-6-9/h9H,2-8H2,1H3. The molecule has 0 aromatic heterocycles. The summed E-state index contributed by atoms with van der Waals surface area (Å²) in [6.07, 6.45) is 5.37. The molecule has 0 aromatic carbocycles. The molecule has 0 bridgehead atoms.